The number of hydrogen-bond donors (Lipinski definition) is 2. The van der Waals surface area contributed by atoms with Crippen LogP contribution >= 0.6 is 0 Å². The topological polar surface area (TPSA) is 84.5 Å². The summed E-state index contributed by atoms with van der Waals surface area (Å²) >= 11 is 0. The van der Waals surface area contributed by atoms with Gasteiger partial charge in [-0.1, -0.05) is 6.07 Å². The molecule has 6 nitrogen and oxygen atoms in total. The number of aryl methyl sites for hydroxylation is 1. The van der Waals surface area contributed by atoms with E-state index in [0.717, 1.165) is 17.7 Å². The number of carbonyl (C=O) groups is 1. The molecule has 0 atom stereocenters. The van der Waals surface area contributed by atoms with E-state index in [2.05, 4.69) is 10.0 Å². The van der Waals surface area contributed by atoms with Crippen LogP contribution in [0.15, 0.2) is 41.3 Å². The molecule has 0 unspecified atom stereocenters. The summed E-state index contributed by atoms with van der Waals surface area (Å²) < 4.78 is 57.4. The molecule has 0 aliphatic carbocycles. The van der Waals surface area contributed by atoms with Gasteiger partial charge in [-0.25, -0.2) is 21.9 Å². The Morgan fingerprint density at radius 3 is 2.50 bits per heavy atom. The number of rotatable bonds is 7. The van der Waals surface area contributed by atoms with Crippen molar-refractivity contribution in [3.05, 3.63) is 53.6 Å². The standard InChI is InChI=1S/C17H18F2N2O4S/c1-11-3-6-16(25-2)15(9-11)21-17(22)7-8-20-26(23,24)12-4-5-13(18)14(19)10-12/h3-6,9-10,20H,7-8H2,1-2H3,(H,21,22). The van der Waals surface area contributed by atoms with Gasteiger partial charge in [0.25, 0.3) is 0 Å². The SMILES string of the molecule is COc1ccc(C)cc1NC(=O)CCNS(=O)(=O)c1ccc(F)c(F)c1. The predicted molar refractivity (Wildman–Crippen MR) is 92.5 cm³/mol. The highest BCUT2D eigenvalue weighted by molar-refractivity contribution is 7.89. The number of carbonyl (C=O) groups excluding carboxylic acids is 1. The highest BCUT2D eigenvalue weighted by Crippen LogP contribution is 2.25. The molecule has 0 bridgehead atoms. The van der Waals surface area contributed by atoms with Crippen molar-refractivity contribution in [1.82, 2.24) is 4.72 Å². The summed E-state index contributed by atoms with van der Waals surface area (Å²) in [6.45, 7) is 1.65. The quantitative estimate of drug-likeness (QED) is 0.769. The van der Waals surface area contributed by atoms with Gasteiger partial charge in [-0.2, -0.15) is 0 Å². The number of anilines is 1. The first-order valence-electron chi connectivity index (χ1n) is 7.62. The Labute approximate surface area is 150 Å². The number of methoxy groups -OCH3 is 1. The third kappa shape index (κ3) is 4.99. The second-order valence-corrected chi connectivity index (χ2v) is 7.24. The molecule has 140 valence electrons. The van der Waals surface area contributed by atoms with E-state index in [1.165, 1.54) is 7.11 Å². The number of amides is 1. The maximum absolute atomic E-state index is 13.2. The summed E-state index contributed by atoms with van der Waals surface area (Å²) in [5.74, 6) is -2.36. The van der Waals surface area contributed by atoms with Crippen LogP contribution in [0.25, 0.3) is 0 Å². The Hall–Kier alpha value is -2.52. The van der Waals surface area contributed by atoms with Crippen molar-refractivity contribution >= 4 is 21.6 Å². The predicted octanol–water partition coefficient (Wildman–Crippen LogP) is 2.59. The van der Waals surface area contributed by atoms with Crippen LogP contribution in [0.5, 0.6) is 5.75 Å². The second-order valence-electron chi connectivity index (χ2n) is 5.48. The van der Waals surface area contributed by atoms with E-state index in [-0.39, 0.29) is 13.0 Å². The van der Waals surface area contributed by atoms with Gasteiger partial charge in [0.05, 0.1) is 17.7 Å². The van der Waals surface area contributed by atoms with E-state index in [9.17, 15) is 22.0 Å². The average Bonchev–Trinajstić information content (AvgIpc) is 2.57. The second kappa shape index (κ2) is 8.24. The molecule has 2 aromatic carbocycles. The maximum atomic E-state index is 13.2. The Kier molecular flexibility index (Phi) is 6.27. The molecular weight excluding hydrogens is 366 g/mol. The van der Waals surface area contributed by atoms with Crippen LogP contribution in [0.4, 0.5) is 14.5 Å². The largest absolute Gasteiger partial charge is 0.495 e. The summed E-state index contributed by atoms with van der Waals surface area (Å²) in [7, 11) is -2.58. The van der Waals surface area contributed by atoms with Crippen molar-refractivity contribution < 1.29 is 26.7 Å². The molecule has 0 aliphatic rings. The molecule has 1 amide bonds. The molecule has 2 N–H and O–H groups in total. The Bertz CT molecular complexity index is 917. The molecule has 0 aliphatic heterocycles. The fourth-order valence-corrected chi connectivity index (χ4v) is 3.20. The van der Waals surface area contributed by atoms with Gasteiger partial charge in [0.15, 0.2) is 11.6 Å². The van der Waals surface area contributed by atoms with Gasteiger partial charge < -0.3 is 10.1 Å². The molecular formula is C17H18F2N2O4S. The van der Waals surface area contributed by atoms with Gasteiger partial charge in [0.2, 0.25) is 15.9 Å². The molecule has 9 heteroatoms. The fraction of sp³-hybridized carbons (Fsp3) is 0.235. The number of hydrogen-bond acceptors (Lipinski definition) is 4. The summed E-state index contributed by atoms with van der Waals surface area (Å²) in [6, 6.07) is 7.50. The normalized spacial score (nSPS) is 11.2. The third-order valence-corrected chi connectivity index (χ3v) is 4.93. The first-order valence-corrected chi connectivity index (χ1v) is 9.10. The van der Waals surface area contributed by atoms with Crippen molar-refractivity contribution in [2.45, 2.75) is 18.2 Å². The monoisotopic (exact) mass is 384 g/mol. The highest BCUT2D eigenvalue weighted by atomic mass is 32.2. The van der Waals surface area contributed by atoms with Crippen molar-refractivity contribution in [1.29, 1.82) is 0 Å². The van der Waals surface area contributed by atoms with Crippen molar-refractivity contribution in [2.75, 3.05) is 19.0 Å². The zero-order valence-electron chi connectivity index (χ0n) is 14.2. The van der Waals surface area contributed by atoms with E-state index in [4.69, 9.17) is 4.74 Å². The molecule has 2 rings (SSSR count). The van der Waals surface area contributed by atoms with Crippen LogP contribution < -0.4 is 14.8 Å². The first kappa shape index (κ1) is 19.8. The molecule has 0 aromatic heterocycles. The van der Waals surface area contributed by atoms with Crippen LogP contribution in [0.3, 0.4) is 0 Å². The van der Waals surface area contributed by atoms with Gasteiger partial charge >= 0.3 is 0 Å². The summed E-state index contributed by atoms with van der Waals surface area (Å²) in [4.78, 5) is 11.6. The zero-order valence-corrected chi connectivity index (χ0v) is 15.0. The van der Waals surface area contributed by atoms with Gasteiger partial charge in [-0.05, 0) is 42.8 Å². The molecule has 0 radical (unpaired) electrons. The Balaban J connectivity index is 1.95. The van der Waals surface area contributed by atoms with Crippen molar-refractivity contribution in [3.8, 4) is 5.75 Å². The number of sulfonamides is 1. The smallest absolute Gasteiger partial charge is 0.240 e. The minimum absolute atomic E-state index is 0.153. The van der Waals surface area contributed by atoms with Gasteiger partial charge in [0, 0.05) is 13.0 Å². The molecule has 0 fully saturated rings. The fourth-order valence-electron chi connectivity index (χ4n) is 2.16. The number of ether oxygens (including phenoxy) is 1. The van der Waals surface area contributed by atoms with Gasteiger partial charge in [-0.15, -0.1) is 0 Å². The van der Waals surface area contributed by atoms with Crippen LogP contribution in [0.1, 0.15) is 12.0 Å². The summed E-state index contributed by atoms with van der Waals surface area (Å²) in [5, 5.41) is 2.64. The molecule has 0 saturated heterocycles. The molecule has 0 saturated carbocycles. The van der Waals surface area contributed by atoms with Gasteiger partial charge in [0.1, 0.15) is 5.75 Å². The van der Waals surface area contributed by atoms with Crippen LogP contribution in [-0.2, 0) is 14.8 Å². The first-order chi connectivity index (χ1) is 12.2. The van der Waals surface area contributed by atoms with Gasteiger partial charge in [-0.3, -0.25) is 4.79 Å². The number of nitrogens with one attached hydrogen (secondary N) is 2. The van der Waals surface area contributed by atoms with Crippen molar-refractivity contribution in [2.24, 2.45) is 0 Å². The van der Waals surface area contributed by atoms with Crippen LogP contribution in [0, 0.1) is 18.6 Å². The lowest BCUT2D eigenvalue weighted by molar-refractivity contribution is -0.116. The lowest BCUT2D eigenvalue weighted by Gasteiger charge is -2.11. The number of halogens is 2. The minimum atomic E-state index is -4.05. The van der Waals surface area contributed by atoms with E-state index in [1.807, 2.05) is 13.0 Å². The molecule has 26 heavy (non-hydrogen) atoms. The highest BCUT2D eigenvalue weighted by Gasteiger charge is 2.17. The van der Waals surface area contributed by atoms with E-state index in [1.54, 1.807) is 12.1 Å². The maximum Gasteiger partial charge on any atom is 0.240 e. The van der Waals surface area contributed by atoms with Crippen molar-refractivity contribution in [3.63, 3.8) is 0 Å². The zero-order chi connectivity index (χ0) is 19.3. The minimum Gasteiger partial charge on any atom is -0.495 e. The lowest BCUT2D eigenvalue weighted by atomic mass is 10.2. The van der Waals surface area contributed by atoms with E-state index in [0.29, 0.717) is 17.5 Å². The Morgan fingerprint density at radius 1 is 1.12 bits per heavy atom. The number of benzene rings is 2. The molecule has 0 spiro atoms. The lowest BCUT2D eigenvalue weighted by Crippen LogP contribution is -2.28. The van der Waals surface area contributed by atoms with Crippen LogP contribution in [-0.4, -0.2) is 28.0 Å². The average molecular weight is 384 g/mol. The molecule has 0 heterocycles. The summed E-state index contributed by atoms with van der Waals surface area (Å²) in [6.07, 6.45) is -0.153. The summed E-state index contributed by atoms with van der Waals surface area (Å²) in [5.41, 5.74) is 1.39. The molecule has 2 aromatic rings. The van der Waals surface area contributed by atoms with E-state index < -0.39 is 32.5 Å². The third-order valence-electron chi connectivity index (χ3n) is 3.47. The Morgan fingerprint density at radius 2 is 1.85 bits per heavy atom. The van der Waals surface area contributed by atoms with Crippen LogP contribution in [0.2, 0.25) is 0 Å². The van der Waals surface area contributed by atoms with E-state index >= 15 is 0 Å².